The van der Waals surface area contributed by atoms with Gasteiger partial charge in [-0.05, 0) is 49.4 Å². The average Bonchev–Trinajstić information content (AvgIpc) is 3.53. The van der Waals surface area contributed by atoms with E-state index >= 15 is 0 Å². The van der Waals surface area contributed by atoms with Gasteiger partial charge in [-0.15, -0.1) is 0 Å². The van der Waals surface area contributed by atoms with Crippen molar-refractivity contribution in [2.24, 2.45) is 5.92 Å². The van der Waals surface area contributed by atoms with E-state index in [0.717, 1.165) is 26.9 Å². The van der Waals surface area contributed by atoms with Crippen LogP contribution in [0.2, 0.25) is 0 Å². The third-order valence-electron chi connectivity index (χ3n) is 6.06. The Bertz CT molecular complexity index is 1220. The van der Waals surface area contributed by atoms with Gasteiger partial charge in [0.25, 0.3) is 5.56 Å². The van der Waals surface area contributed by atoms with Crippen LogP contribution in [0.5, 0.6) is 0 Å². The van der Waals surface area contributed by atoms with Crippen LogP contribution in [0.25, 0.3) is 10.9 Å². The second-order valence-electron chi connectivity index (χ2n) is 8.06. The van der Waals surface area contributed by atoms with Gasteiger partial charge in [-0.2, -0.15) is 23.5 Å². The fourth-order valence-corrected chi connectivity index (χ4v) is 3.87. The third kappa shape index (κ3) is 3.73. The third-order valence-corrected chi connectivity index (χ3v) is 6.06. The molecule has 1 aromatic carbocycles. The van der Waals surface area contributed by atoms with E-state index in [1.54, 1.807) is 10.7 Å². The minimum Gasteiger partial charge on any atom is -0.364 e. The molecule has 3 aromatic rings. The fourth-order valence-electron chi connectivity index (χ4n) is 3.87. The van der Waals surface area contributed by atoms with Gasteiger partial charge in [0, 0.05) is 19.0 Å². The van der Waals surface area contributed by atoms with Crippen molar-refractivity contribution in [3.63, 3.8) is 0 Å². The Morgan fingerprint density at radius 2 is 2.00 bits per heavy atom. The fraction of sp³-hybridized carbons (Fsp3) is 0.409. The van der Waals surface area contributed by atoms with E-state index in [0.29, 0.717) is 22.5 Å². The first-order valence-electron chi connectivity index (χ1n) is 10.2. The number of alkyl halides is 3. The first kappa shape index (κ1) is 21.9. The van der Waals surface area contributed by atoms with E-state index in [1.807, 2.05) is 0 Å². The predicted octanol–water partition coefficient (Wildman–Crippen LogP) is 4.76. The molecule has 0 aliphatic heterocycles. The molecule has 0 radical (unpaired) electrons. The molecule has 2 N–H and O–H groups in total. The molecule has 2 heterocycles. The van der Waals surface area contributed by atoms with Gasteiger partial charge >= 0.3 is 6.18 Å². The highest BCUT2D eigenvalue weighted by Crippen LogP contribution is 2.43. The number of nitrogens with zero attached hydrogens (tertiary/aromatic N) is 3. The second-order valence-corrected chi connectivity index (χ2v) is 8.06. The smallest absolute Gasteiger partial charge is 0.364 e. The summed E-state index contributed by atoms with van der Waals surface area (Å²) < 4.78 is 46.8. The minimum absolute atomic E-state index is 0.0471. The van der Waals surface area contributed by atoms with Gasteiger partial charge in [0.2, 0.25) is 0 Å². The summed E-state index contributed by atoms with van der Waals surface area (Å²) in [5.41, 5.74) is -1.76. The van der Waals surface area contributed by atoms with Crippen LogP contribution in [-0.2, 0) is 10.3 Å². The number of nitriles is 1. The monoisotopic (exact) mass is 445 g/mol. The number of aromatic amines is 1. The van der Waals surface area contributed by atoms with E-state index in [-0.39, 0.29) is 29.4 Å². The van der Waals surface area contributed by atoms with E-state index in [9.17, 15) is 23.2 Å². The molecular formula is C22H22F3N5O2. The van der Waals surface area contributed by atoms with Crippen LogP contribution in [0.15, 0.2) is 41.3 Å². The van der Waals surface area contributed by atoms with Gasteiger partial charge < -0.3 is 15.0 Å². The lowest BCUT2D eigenvalue weighted by atomic mass is 9.95. The Balaban J connectivity index is 1.71. The van der Waals surface area contributed by atoms with E-state index in [4.69, 9.17) is 4.74 Å². The molecule has 1 aliphatic rings. The maximum Gasteiger partial charge on any atom is 0.421 e. The van der Waals surface area contributed by atoms with Crippen LogP contribution in [0.3, 0.4) is 0 Å². The molecule has 32 heavy (non-hydrogen) atoms. The molecule has 0 saturated heterocycles. The van der Waals surface area contributed by atoms with E-state index in [1.165, 1.54) is 30.5 Å². The summed E-state index contributed by atoms with van der Waals surface area (Å²) in [6.07, 6.45) is -0.787. The van der Waals surface area contributed by atoms with Gasteiger partial charge in [-0.3, -0.25) is 9.48 Å². The molecule has 7 nitrogen and oxygen atoms in total. The normalized spacial score (nSPS) is 17.0. The van der Waals surface area contributed by atoms with E-state index in [2.05, 4.69) is 21.5 Å². The van der Waals surface area contributed by atoms with Crippen molar-refractivity contribution < 1.29 is 17.9 Å². The number of H-pyrrole nitrogens is 1. The molecule has 168 valence electrons. The average molecular weight is 445 g/mol. The summed E-state index contributed by atoms with van der Waals surface area (Å²) in [6.45, 7) is 0.970. The predicted molar refractivity (Wildman–Crippen MR) is 112 cm³/mol. The van der Waals surface area contributed by atoms with Crippen LogP contribution >= 0.6 is 0 Å². The lowest BCUT2D eigenvalue weighted by Crippen LogP contribution is -2.41. The highest BCUT2D eigenvalue weighted by atomic mass is 19.4. The van der Waals surface area contributed by atoms with Crippen molar-refractivity contribution in [2.75, 3.05) is 12.4 Å². The molecular weight excluding hydrogens is 423 g/mol. The van der Waals surface area contributed by atoms with Crippen molar-refractivity contribution in [1.29, 1.82) is 5.26 Å². The van der Waals surface area contributed by atoms with Crippen LogP contribution in [0.4, 0.5) is 24.7 Å². The quantitative estimate of drug-likeness (QED) is 0.547. The summed E-state index contributed by atoms with van der Waals surface area (Å²) in [5, 5.41) is 17.2. The molecule has 0 amide bonds. The topological polar surface area (TPSA) is 95.7 Å². The summed E-state index contributed by atoms with van der Waals surface area (Å²) in [5.74, 6) is 0.613. The maximum atomic E-state index is 13.5. The maximum absolute atomic E-state index is 13.5. The Kier molecular flexibility index (Phi) is 5.46. The van der Waals surface area contributed by atoms with Gasteiger partial charge in [0.15, 0.2) is 11.4 Å². The SMILES string of the molecule is COC(C)(c1ccc(Nc2nn(C(CC#N)C3CC3)c3cc[nH]c(=O)c23)cc1)C(F)(F)F. The van der Waals surface area contributed by atoms with Crippen molar-refractivity contribution in [1.82, 2.24) is 14.8 Å². The number of pyridine rings is 1. The number of anilines is 2. The second kappa shape index (κ2) is 7.98. The molecule has 10 heteroatoms. The van der Waals surface area contributed by atoms with Crippen molar-refractivity contribution >= 4 is 22.4 Å². The zero-order chi connectivity index (χ0) is 23.1. The van der Waals surface area contributed by atoms with E-state index < -0.39 is 11.8 Å². The lowest BCUT2D eigenvalue weighted by molar-refractivity contribution is -0.269. The number of halogens is 3. The van der Waals surface area contributed by atoms with Gasteiger partial charge in [-0.1, -0.05) is 12.1 Å². The van der Waals surface area contributed by atoms with Gasteiger partial charge in [-0.25, -0.2) is 0 Å². The number of nitrogens with one attached hydrogen (secondary N) is 2. The number of rotatable bonds is 7. The Hall–Kier alpha value is -3.32. The zero-order valence-electron chi connectivity index (χ0n) is 17.5. The molecule has 1 fully saturated rings. The molecule has 2 aromatic heterocycles. The number of hydrogen-bond acceptors (Lipinski definition) is 5. The number of benzene rings is 1. The summed E-state index contributed by atoms with van der Waals surface area (Å²) in [6, 6.07) is 9.39. The number of hydrogen-bond donors (Lipinski definition) is 2. The summed E-state index contributed by atoms with van der Waals surface area (Å²) in [7, 11) is 1.02. The molecule has 2 atom stereocenters. The zero-order valence-corrected chi connectivity index (χ0v) is 17.5. The highest BCUT2D eigenvalue weighted by Gasteiger charge is 2.53. The first-order valence-corrected chi connectivity index (χ1v) is 10.2. The molecule has 2 unspecified atom stereocenters. The molecule has 1 aliphatic carbocycles. The largest absolute Gasteiger partial charge is 0.421 e. The van der Waals surface area contributed by atoms with Crippen LogP contribution in [0, 0.1) is 17.2 Å². The van der Waals surface area contributed by atoms with Crippen molar-refractivity contribution in [2.45, 2.75) is 44.0 Å². The molecule has 0 bridgehead atoms. The number of aromatic nitrogens is 3. The first-order chi connectivity index (χ1) is 15.2. The molecule has 4 rings (SSSR count). The summed E-state index contributed by atoms with van der Waals surface area (Å²) >= 11 is 0. The number of methoxy groups -OCH3 is 1. The number of ether oxygens (including phenoxy) is 1. The molecule has 1 saturated carbocycles. The minimum atomic E-state index is -4.59. The highest BCUT2D eigenvalue weighted by molar-refractivity contribution is 5.91. The lowest BCUT2D eigenvalue weighted by Gasteiger charge is -2.31. The Morgan fingerprint density at radius 1 is 1.31 bits per heavy atom. The van der Waals surface area contributed by atoms with Crippen molar-refractivity contribution in [3.8, 4) is 6.07 Å². The summed E-state index contributed by atoms with van der Waals surface area (Å²) in [4.78, 5) is 15.2. The van der Waals surface area contributed by atoms with Crippen LogP contribution in [0.1, 0.15) is 37.8 Å². The van der Waals surface area contributed by atoms with Gasteiger partial charge in [0.1, 0.15) is 5.39 Å². The van der Waals surface area contributed by atoms with Crippen LogP contribution in [-0.4, -0.2) is 28.1 Å². The Labute approximate surface area is 181 Å². The standard InChI is InChI=1S/C22H22F3N5O2/c1-21(32-2,22(23,24)25)14-5-7-15(8-6-14)28-19-18-17(10-12-27-20(18)31)30(29-19)16(9-11-26)13-3-4-13/h5-8,10,12-13,16H,3-4,9H2,1-2H3,(H,27,31)(H,28,29). The number of fused-ring (bicyclic) bond motifs is 1. The van der Waals surface area contributed by atoms with Gasteiger partial charge in [0.05, 0.1) is 24.0 Å². The molecule has 0 spiro atoms. The van der Waals surface area contributed by atoms with Crippen LogP contribution < -0.4 is 10.9 Å². The Morgan fingerprint density at radius 3 is 2.56 bits per heavy atom. The van der Waals surface area contributed by atoms with Crippen molar-refractivity contribution in [3.05, 3.63) is 52.4 Å².